The lowest BCUT2D eigenvalue weighted by Gasteiger charge is -2.10. The number of halogens is 2. The second kappa shape index (κ2) is 8.22. The summed E-state index contributed by atoms with van der Waals surface area (Å²) in [4.78, 5) is 25.0. The van der Waals surface area contributed by atoms with Gasteiger partial charge in [-0.3, -0.25) is 14.5 Å². The molecule has 0 atom stereocenters. The second-order valence-corrected chi connectivity index (χ2v) is 8.67. The first kappa shape index (κ1) is 20.6. The number of nitrogens with zero attached hydrogens (tertiary/aromatic N) is 2. The summed E-state index contributed by atoms with van der Waals surface area (Å²) in [5.74, 6) is -1.97. The van der Waals surface area contributed by atoms with Crippen molar-refractivity contribution in [1.29, 1.82) is 0 Å². The summed E-state index contributed by atoms with van der Waals surface area (Å²) >= 11 is 12.4. The summed E-state index contributed by atoms with van der Waals surface area (Å²) in [6.45, 7) is -0.255. The van der Waals surface area contributed by atoms with Crippen LogP contribution in [0.25, 0.3) is 17.0 Å². The Bertz CT molecular complexity index is 1220. The molecule has 2 heterocycles. The fraction of sp³-hybridized carbons (Fsp3) is 0.0952. The topological polar surface area (TPSA) is 62.5 Å². The third-order valence-electron chi connectivity index (χ3n) is 4.66. The van der Waals surface area contributed by atoms with Gasteiger partial charge in [0, 0.05) is 33.2 Å². The van der Waals surface area contributed by atoms with Crippen molar-refractivity contribution in [3.8, 4) is 0 Å². The van der Waals surface area contributed by atoms with Gasteiger partial charge in [-0.25, -0.2) is 4.39 Å². The van der Waals surface area contributed by atoms with Crippen LogP contribution in [0.15, 0.2) is 53.6 Å². The van der Waals surface area contributed by atoms with E-state index in [0.29, 0.717) is 15.5 Å². The quantitative estimate of drug-likeness (QED) is 0.439. The van der Waals surface area contributed by atoms with E-state index in [9.17, 15) is 14.0 Å². The van der Waals surface area contributed by atoms with Crippen molar-refractivity contribution in [2.75, 3.05) is 6.54 Å². The van der Waals surface area contributed by atoms with E-state index in [2.05, 4.69) is 0 Å². The van der Waals surface area contributed by atoms with E-state index in [0.717, 1.165) is 33.1 Å². The molecule has 3 aromatic rings. The van der Waals surface area contributed by atoms with Crippen LogP contribution in [0.5, 0.6) is 0 Å². The van der Waals surface area contributed by atoms with Gasteiger partial charge in [-0.1, -0.05) is 59.8 Å². The number of carboxylic acid groups (broad SMARTS) is 1. The number of benzene rings is 2. The molecule has 1 N–H and O–H groups in total. The number of carboxylic acids is 1. The summed E-state index contributed by atoms with van der Waals surface area (Å²) in [6.07, 6.45) is 3.50. The summed E-state index contributed by atoms with van der Waals surface area (Å²) in [5, 5.41) is 10.2. The number of rotatable bonds is 5. The van der Waals surface area contributed by atoms with Gasteiger partial charge in [0.05, 0.1) is 11.4 Å². The number of thiocarbonyl (C=S) groups is 1. The minimum atomic E-state index is -1.13. The minimum absolute atomic E-state index is 0.204. The summed E-state index contributed by atoms with van der Waals surface area (Å²) in [6, 6.07) is 12.1. The summed E-state index contributed by atoms with van der Waals surface area (Å²) in [5.41, 5.74) is 1.97. The molecule has 9 heteroatoms. The van der Waals surface area contributed by atoms with E-state index in [1.54, 1.807) is 18.2 Å². The molecule has 0 spiro atoms. The fourth-order valence-corrected chi connectivity index (χ4v) is 4.76. The Hall–Kier alpha value is -2.68. The molecule has 1 fully saturated rings. The van der Waals surface area contributed by atoms with E-state index in [-0.39, 0.29) is 10.9 Å². The largest absolute Gasteiger partial charge is 0.480 e. The first-order valence-corrected chi connectivity index (χ1v) is 10.4. The Balaban J connectivity index is 1.75. The van der Waals surface area contributed by atoms with Crippen molar-refractivity contribution in [3.05, 3.63) is 75.5 Å². The van der Waals surface area contributed by atoms with Crippen LogP contribution in [0.1, 0.15) is 11.1 Å². The predicted octanol–water partition coefficient (Wildman–Crippen LogP) is 4.77. The van der Waals surface area contributed by atoms with Crippen LogP contribution in [-0.2, 0) is 16.1 Å². The molecule has 1 aliphatic rings. The number of para-hydroxylation sites is 1. The average Bonchev–Trinajstić information content (AvgIpc) is 3.17. The predicted molar refractivity (Wildman–Crippen MR) is 120 cm³/mol. The lowest BCUT2D eigenvalue weighted by atomic mass is 10.1. The van der Waals surface area contributed by atoms with Gasteiger partial charge < -0.3 is 9.67 Å². The first-order chi connectivity index (χ1) is 14.3. The molecule has 1 aromatic heterocycles. The second-order valence-electron chi connectivity index (χ2n) is 6.59. The van der Waals surface area contributed by atoms with Gasteiger partial charge in [-0.05, 0) is 24.3 Å². The minimum Gasteiger partial charge on any atom is -0.480 e. The third-order valence-corrected chi connectivity index (χ3v) is 6.40. The molecule has 2 aromatic carbocycles. The molecule has 1 saturated heterocycles. The van der Waals surface area contributed by atoms with E-state index in [1.165, 1.54) is 6.07 Å². The fourth-order valence-electron chi connectivity index (χ4n) is 3.29. The van der Waals surface area contributed by atoms with E-state index in [4.69, 9.17) is 28.9 Å². The number of carbonyl (C=O) groups is 2. The van der Waals surface area contributed by atoms with Crippen LogP contribution in [-0.4, -0.2) is 37.3 Å². The van der Waals surface area contributed by atoms with Crippen LogP contribution in [0.2, 0.25) is 5.02 Å². The number of carbonyl (C=O) groups excluding carboxylic acids is 1. The molecule has 0 radical (unpaired) electrons. The third kappa shape index (κ3) is 3.86. The maximum Gasteiger partial charge on any atom is 0.323 e. The molecular weight excluding hydrogens is 447 g/mol. The zero-order chi connectivity index (χ0) is 21.4. The highest BCUT2D eigenvalue weighted by atomic mass is 35.5. The van der Waals surface area contributed by atoms with Crippen LogP contribution in [0, 0.1) is 5.82 Å². The van der Waals surface area contributed by atoms with E-state index in [1.807, 2.05) is 35.0 Å². The molecule has 0 aliphatic carbocycles. The standard InChI is InChI=1S/C21H14ClFN2O3S2/c22-15-5-3-6-16(23)14(15)10-24-9-12(13-4-1-2-7-17(13)24)8-18-20(28)25(11-19(26)27)21(29)30-18/h1-9H,10-11H2,(H,26,27)/b18-8-. The number of aromatic nitrogens is 1. The number of hydrogen-bond acceptors (Lipinski definition) is 4. The number of amides is 1. The van der Waals surface area contributed by atoms with E-state index < -0.39 is 24.2 Å². The number of aliphatic carboxylic acids is 1. The highest BCUT2D eigenvalue weighted by Gasteiger charge is 2.33. The molecule has 1 aliphatic heterocycles. The summed E-state index contributed by atoms with van der Waals surface area (Å²) < 4.78 is 16.4. The van der Waals surface area contributed by atoms with E-state index >= 15 is 0 Å². The van der Waals surface area contributed by atoms with Crippen LogP contribution >= 0.6 is 35.6 Å². The Morgan fingerprint density at radius 1 is 1.23 bits per heavy atom. The number of fused-ring (bicyclic) bond motifs is 1. The lowest BCUT2D eigenvalue weighted by Crippen LogP contribution is -2.33. The molecular formula is C21H14ClFN2O3S2. The molecule has 0 saturated carbocycles. The maximum absolute atomic E-state index is 14.3. The molecule has 0 bridgehead atoms. The highest BCUT2D eigenvalue weighted by molar-refractivity contribution is 8.26. The SMILES string of the molecule is O=C(O)CN1C(=O)/C(=C/c2cn(Cc3c(F)cccc3Cl)c3ccccc23)SC1=S. The van der Waals surface area contributed by atoms with Crippen molar-refractivity contribution in [2.45, 2.75) is 6.54 Å². The van der Waals surface area contributed by atoms with Crippen molar-refractivity contribution < 1.29 is 19.1 Å². The molecule has 5 nitrogen and oxygen atoms in total. The van der Waals surface area contributed by atoms with Gasteiger partial charge >= 0.3 is 5.97 Å². The monoisotopic (exact) mass is 460 g/mol. The molecule has 152 valence electrons. The smallest absolute Gasteiger partial charge is 0.323 e. The van der Waals surface area contributed by atoms with Crippen LogP contribution in [0.3, 0.4) is 0 Å². The first-order valence-electron chi connectivity index (χ1n) is 8.83. The number of thioether (sulfide) groups is 1. The van der Waals surface area contributed by atoms with Gasteiger partial charge in [0.15, 0.2) is 0 Å². The Morgan fingerprint density at radius 3 is 2.73 bits per heavy atom. The molecule has 1 amide bonds. The molecule has 4 rings (SSSR count). The molecule has 30 heavy (non-hydrogen) atoms. The van der Waals surface area contributed by atoms with Gasteiger partial charge in [0.2, 0.25) is 0 Å². The van der Waals surface area contributed by atoms with Crippen LogP contribution < -0.4 is 0 Å². The maximum atomic E-state index is 14.3. The summed E-state index contributed by atoms with van der Waals surface area (Å²) in [7, 11) is 0. The number of hydrogen-bond donors (Lipinski definition) is 1. The Labute approximate surface area is 185 Å². The lowest BCUT2D eigenvalue weighted by molar-refractivity contribution is -0.140. The normalized spacial score (nSPS) is 15.5. The van der Waals surface area contributed by atoms with Gasteiger partial charge in [-0.15, -0.1) is 0 Å². The van der Waals surface area contributed by atoms with Crippen LogP contribution in [0.4, 0.5) is 4.39 Å². The Kier molecular flexibility index (Phi) is 5.64. The van der Waals surface area contributed by atoms with Gasteiger partial charge in [-0.2, -0.15) is 0 Å². The zero-order valence-corrected chi connectivity index (χ0v) is 17.7. The highest BCUT2D eigenvalue weighted by Crippen LogP contribution is 2.34. The van der Waals surface area contributed by atoms with Crippen molar-refractivity contribution in [2.24, 2.45) is 0 Å². The van der Waals surface area contributed by atoms with Crippen molar-refractivity contribution in [3.63, 3.8) is 0 Å². The van der Waals surface area contributed by atoms with Crippen molar-refractivity contribution >= 4 is 68.8 Å². The van der Waals surface area contributed by atoms with Gasteiger partial charge in [0.25, 0.3) is 5.91 Å². The molecule has 0 unspecified atom stereocenters. The van der Waals surface area contributed by atoms with Gasteiger partial charge in [0.1, 0.15) is 16.7 Å². The zero-order valence-electron chi connectivity index (χ0n) is 15.3. The van der Waals surface area contributed by atoms with Crippen molar-refractivity contribution in [1.82, 2.24) is 9.47 Å². The average molecular weight is 461 g/mol. The Morgan fingerprint density at radius 2 is 2.00 bits per heavy atom.